The van der Waals surface area contributed by atoms with E-state index in [0.717, 1.165) is 24.7 Å². The third kappa shape index (κ3) is 8.94. The van der Waals surface area contributed by atoms with Crippen LogP contribution in [0.5, 0.6) is 5.75 Å². The minimum Gasteiger partial charge on any atom is -0.496 e. The highest BCUT2D eigenvalue weighted by Gasteiger charge is 2.06. The molecule has 0 bridgehead atoms. The summed E-state index contributed by atoms with van der Waals surface area (Å²) < 4.78 is 5.39. The smallest absolute Gasteiger partial charge is 0.222 e. The van der Waals surface area contributed by atoms with Crippen LogP contribution in [0.25, 0.3) is 0 Å². The molecule has 0 spiro atoms. The zero-order valence-electron chi connectivity index (χ0n) is 15.8. The summed E-state index contributed by atoms with van der Waals surface area (Å²) in [5.74, 6) is 1.69. The molecule has 0 atom stereocenters. The van der Waals surface area contributed by atoms with Gasteiger partial charge >= 0.3 is 0 Å². The van der Waals surface area contributed by atoms with Gasteiger partial charge in [0, 0.05) is 32.6 Å². The lowest BCUT2D eigenvalue weighted by Crippen LogP contribution is -2.42. The number of benzene rings is 1. The number of aliphatic imine (C=N–C) groups is 1. The Balaban J connectivity index is 0.00000576. The van der Waals surface area contributed by atoms with Crippen LogP contribution in [0.15, 0.2) is 23.2 Å². The van der Waals surface area contributed by atoms with Crippen molar-refractivity contribution in [3.8, 4) is 5.75 Å². The van der Waals surface area contributed by atoms with Gasteiger partial charge in [0.2, 0.25) is 5.91 Å². The molecule has 1 amide bonds. The molecule has 142 valence electrons. The van der Waals surface area contributed by atoms with Crippen molar-refractivity contribution in [2.45, 2.75) is 27.2 Å². The summed E-state index contributed by atoms with van der Waals surface area (Å²) in [4.78, 5) is 15.7. The van der Waals surface area contributed by atoms with Gasteiger partial charge in [-0.2, -0.15) is 0 Å². The predicted molar refractivity (Wildman–Crippen MR) is 114 cm³/mol. The van der Waals surface area contributed by atoms with Gasteiger partial charge in [-0.15, -0.1) is 24.0 Å². The van der Waals surface area contributed by atoms with E-state index >= 15 is 0 Å². The lowest BCUT2D eigenvalue weighted by molar-refractivity contribution is -0.123. The number of carbonyl (C=O) groups excluding carboxylic acids is 1. The SMILES string of the molecule is CN=C(NCCNC(=O)C(C)C)NCCc1cc(C)ccc1OC.I. The molecule has 1 rings (SSSR count). The molecule has 0 aromatic heterocycles. The zero-order chi connectivity index (χ0) is 17.9. The van der Waals surface area contributed by atoms with E-state index in [1.54, 1.807) is 14.2 Å². The maximum Gasteiger partial charge on any atom is 0.222 e. The minimum absolute atomic E-state index is 0. The van der Waals surface area contributed by atoms with Crippen LogP contribution in [0.3, 0.4) is 0 Å². The average molecular weight is 462 g/mol. The number of hydrogen-bond donors (Lipinski definition) is 3. The normalized spacial score (nSPS) is 10.9. The van der Waals surface area contributed by atoms with E-state index in [1.165, 1.54) is 11.1 Å². The second-order valence-corrected chi connectivity index (χ2v) is 5.94. The lowest BCUT2D eigenvalue weighted by atomic mass is 10.1. The van der Waals surface area contributed by atoms with Crippen molar-refractivity contribution in [2.24, 2.45) is 10.9 Å². The molecule has 0 saturated carbocycles. The summed E-state index contributed by atoms with van der Waals surface area (Å²) in [6, 6.07) is 6.18. The second-order valence-electron chi connectivity index (χ2n) is 5.94. The Hall–Kier alpha value is -1.51. The van der Waals surface area contributed by atoms with Crippen LogP contribution in [0.1, 0.15) is 25.0 Å². The average Bonchev–Trinajstić information content (AvgIpc) is 2.56. The largest absolute Gasteiger partial charge is 0.496 e. The Labute approximate surface area is 168 Å². The highest BCUT2D eigenvalue weighted by molar-refractivity contribution is 14.0. The monoisotopic (exact) mass is 462 g/mol. The van der Waals surface area contributed by atoms with Gasteiger partial charge in [0.1, 0.15) is 5.75 Å². The number of methoxy groups -OCH3 is 1. The van der Waals surface area contributed by atoms with Gasteiger partial charge in [-0.25, -0.2) is 0 Å². The van der Waals surface area contributed by atoms with Crippen LogP contribution in [0.4, 0.5) is 0 Å². The Morgan fingerprint density at radius 3 is 2.40 bits per heavy atom. The molecule has 0 aliphatic carbocycles. The number of nitrogens with one attached hydrogen (secondary N) is 3. The first-order valence-electron chi connectivity index (χ1n) is 8.33. The summed E-state index contributed by atoms with van der Waals surface area (Å²) in [6.45, 7) is 7.78. The van der Waals surface area contributed by atoms with Gasteiger partial charge < -0.3 is 20.7 Å². The predicted octanol–water partition coefficient (Wildman–Crippen LogP) is 2.10. The van der Waals surface area contributed by atoms with Gasteiger partial charge in [-0.1, -0.05) is 31.5 Å². The number of ether oxygens (including phenoxy) is 1. The van der Waals surface area contributed by atoms with Crippen molar-refractivity contribution in [1.82, 2.24) is 16.0 Å². The van der Waals surface area contributed by atoms with E-state index in [0.29, 0.717) is 13.1 Å². The lowest BCUT2D eigenvalue weighted by Gasteiger charge is -2.14. The standard InChI is InChI=1S/C18H30N4O2.HI/c1-13(2)17(23)20-10-11-22-18(19-4)21-9-8-15-12-14(3)6-7-16(15)24-5;/h6-7,12-13H,8-11H2,1-5H3,(H,20,23)(H2,19,21,22);1H. The first-order chi connectivity index (χ1) is 11.5. The number of halogens is 1. The molecule has 0 aliphatic rings. The molecular weight excluding hydrogens is 431 g/mol. The van der Waals surface area contributed by atoms with Gasteiger partial charge in [0.05, 0.1) is 7.11 Å². The third-order valence-corrected chi connectivity index (χ3v) is 3.59. The molecule has 0 fully saturated rings. The van der Waals surface area contributed by atoms with Crippen molar-refractivity contribution in [3.63, 3.8) is 0 Å². The third-order valence-electron chi connectivity index (χ3n) is 3.59. The van der Waals surface area contributed by atoms with E-state index in [2.05, 4.69) is 33.9 Å². The summed E-state index contributed by atoms with van der Waals surface area (Å²) in [5.41, 5.74) is 2.39. The van der Waals surface area contributed by atoms with E-state index in [1.807, 2.05) is 26.0 Å². The second kappa shape index (κ2) is 12.8. The number of nitrogens with zero attached hydrogens (tertiary/aromatic N) is 1. The molecule has 25 heavy (non-hydrogen) atoms. The number of guanidine groups is 1. The Kier molecular flexibility index (Phi) is 12.0. The van der Waals surface area contributed by atoms with Crippen LogP contribution in [0.2, 0.25) is 0 Å². The van der Waals surface area contributed by atoms with Crippen molar-refractivity contribution in [3.05, 3.63) is 29.3 Å². The van der Waals surface area contributed by atoms with Gasteiger partial charge in [-0.3, -0.25) is 9.79 Å². The molecule has 3 N–H and O–H groups in total. The first kappa shape index (κ1) is 23.5. The summed E-state index contributed by atoms with van der Waals surface area (Å²) >= 11 is 0. The summed E-state index contributed by atoms with van der Waals surface area (Å²) in [5, 5.41) is 9.32. The van der Waals surface area contributed by atoms with E-state index in [4.69, 9.17) is 4.74 Å². The van der Waals surface area contributed by atoms with Crippen LogP contribution in [0, 0.1) is 12.8 Å². The molecule has 0 unspecified atom stereocenters. The molecule has 1 aromatic rings. The fraction of sp³-hybridized carbons (Fsp3) is 0.556. The van der Waals surface area contributed by atoms with Crippen molar-refractivity contribution >= 4 is 35.8 Å². The number of amides is 1. The molecular formula is C18H31IN4O2. The quantitative estimate of drug-likeness (QED) is 0.240. The van der Waals surface area contributed by atoms with Crippen LogP contribution >= 0.6 is 24.0 Å². The highest BCUT2D eigenvalue weighted by atomic mass is 127. The van der Waals surface area contributed by atoms with Gasteiger partial charge in [0.25, 0.3) is 0 Å². The van der Waals surface area contributed by atoms with Crippen molar-refractivity contribution in [2.75, 3.05) is 33.8 Å². The molecule has 0 saturated heterocycles. The van der Waals surface area contributed by atoms with Gasteiger partial charge in [0.15, 0.2) is 5.96 Å². The fourth-order valence-electron chi connectivity index (χ4n) is 2.21. The van der Waals surface area contributed by atoms with E-state index in [9.17, 15) is 4.79 Å². The molecule has 7 heteroatoms. The number of carbonyl (C=O) groups is 1. The Morgan fingerprint density at radius 1 is 1.16 bits per heavy atom. The minimum atomic E-state index is 0. The topological polar surface area (TPSA) is 74.8 Å². The van der Waals surface area contributed by atoms with Crippen molar-refractivity contribution in [1.29, 1.82) is 0 Å². The maximum absolute atomic E-state index is 11.5. The molecule has 0 heterocycles. The molecule has 0 radical (unpaired) electrons. The maximum atomic E-state index is 11.5. The van der Waals surface area contributed by atoms with Crippen molar-refractivity contribution < 1.29 is 9.53 Å². The number of hydrogen-bond acceptors (Lipinski definition) is 3. The molecule has 6 nitrogen and oxygen atoms in total. The highest BCUT2D eigenvalue weighted by Crippen LogP contribution is 2.19. The summed E-state index contributed by atoms with van der Waals surface area (Å²) in [7, 11) is 3.42. The van der Waals surface area contributed by atoms with E-state index < -0.39 is 0 Å². The fourth-order valence-corrected chi connectivity index (χ4v) is 2.21. The van der Waals surface area contributed by atoms with E-state index in [-0.39, 0.29) is 35.8 Å². The molecule has 0 aliphatic heterocycles. The number of rotatable bonds is 8. The Bertz CT molecular complexity index is 562. The van der Waals surface area contributed by atoms with Crippen LogP contribution in [-0.4, -0.2) is 45.7 Å². The van der Waals surface area contributed by atoms with Crippen LogP contribution in [-0.2, 0) is 11.2 Å². The summed E-state index contributed by atoms with van der Waals surface area (Å²) in [6.07, 6.45) is 0.843. The zero-order valence-corrected chi connectivity index (χ0v) is 18.1. The first-order valence-corrected chi connectivity index (χ1v) is 8.33. The molecule has 1 aromatic carbocycles. The van der Waals surface area contributed by atoms with Crippen LogP contribution < -0.4 is 20.7 Å². The Morgan fingerprint density at radius 2 is 1.80 bits per heavy atom. The van der Waals surface area contributed by atoms with Gasteiger partial charge in [-0.05, 0) is 25.0 Å². The number of aryl methyl sites for hydroxylation is 1.